The van der Waals surface area contributed by atoms with Gasteiger partial charge < -0.3 is 24.1 Å². The molecule has 142 valence electrons. The molecule has 0 saturated carbocycles. The quantitative estimate of drug-likeness (QED) is 0.804. The fourth-order valence-electron chi connectivity index (χ4n) is 3.78. The maximum atomic E-state index is 10.1. The van der Waals surface area contributed by atoms with Crippen molar-refractivity contribution in [2.24, 2.45) is 0 Å². The van der Waals surface area contributed by atoms with E-state index in [4.69, 9.17) is 18.9 Å². The van der Waals surface area contributed by atoms with E-state index in [-0.39, 0.29) is 17.8 Å². The van der Waals surface area contributed by atoms with E-state index in [0.717, 1.165) is 34.6 Å². The first-order chi connectivity index (χ1) is 13.0. The number of hydrogen-bond donors (Lipinski definition) is 1. The number of rotatable bonds is 4. The summed E-state index contributed by atoms with van der Waals surface area (Å²) >= 11 is 0. The van der Waals surface area contributed by atoms with Crippen LogP contribution in [0.5, 0.6) is 28.7 Å². The molecule has 0 saturated heterocycles. The van der Waals surface area contributed by atoms with E-state index in [1.807, 2.05) is 12.1 Å². The fraction of sp³-hybridized carbons (Fsp3) is 0.364. The lowest BCUT2D eigenvalue weighted by Gasteiger charge is -2.29. The smallest absolute Gasteiger partial charge is 0.161 e. The first kappa shape index (κ1) is 17.6. The van der Waals surface area contributed by atoms with Crippen molar-refractivity contribution >= 4 is 0 Å². The van der Waals surface area contributed by atoms with Crippen LogP contribution in [0.3, 0.4) is 0 Å². The minimum atomic E-state index is -0.147. The molecule has 2 heterocycles. The SMILES string of the molecule is COc1cc2c(cc1O)O[C@H]1c3cc(CC=C(C)C)c(OC)cc3OC[C@@H]21. The van der Waals surface area contributed by atoms with E-state index < -0.39 is 0 Å². The highest BCUT2D eigenvalue weighted by molar-refractivity contribution is 5.57. The lowest BCUT2D eigenvalue weighted by atomic mass is 9.88. The predicted octanol–water partition coefficient (Wildman–Crippen LogP) is 4.53. The number of methoxy groups -OCH3 is 2. The largest absolute Gasteiger partial charge is 0.504 e. The zero-order chi connectivity index (χ0) is 19.1. The molecule has 0 spiro atoms. The van der Waals surface area contributed by atoms with E-state index in [1.54, 1.807) is 20.3 Å². The molecule has 0 radical (unpaired) electrons. The molecule has 0 aromatic heterocycles. The first-order valence-electron chi connectivity index (χ1n) is 9.06. The van der Waals surface area contributed by atoms with Gasteiger partial charge >= 0.3 is 0 Å². The van der Waals surface area contributed by atoms with Crippen LogP contribution in [-0.4, -0.2) is 25.9 Å². The molecule has 5 heteroatoms. The van der Waals surface area contributed by atoms with Crippen LogP contribution >= 0.6 is 0 Å². The number of benzene rings is 2. The average Bonchev–Trinajstić information content (AvgIpc) is 3.02. The van der Waals surface area contributed by atoms with Gasteiger partial charge in [-0.25, -0.2) is 0 Å². The van der Waals surface area contributed by atoms with E-state index in [2.05, 4.69) is 26.0 Å². The van der Waals surface area contributed by atoms with Crippen LogP contribution in [0.25, 0.3) is 0 Å². The zero-order valence-electron chi connectivity index (χ0n) is 16.0. The van der Waals surface area contributed by atoms with Gasteiger partial charge in [-0.3, -0.25) is 0 Å². The maximum Gasteiger partial charge on any atom is 0.161 e. The van der Waals surface area contributed by atoms with E-state index in [1.165, 1.54) is 5.57 Å². The number of aromatic hydroxyl groups is 1. The van der Waals surface area contributed by atoms with Crippen molar-refractivity contribution in [1.82, 2.24) is 0 Å². The van der Waals surface area contributed by atoms with Gasteiger partial charge in [-0.15, -0.1) is 0 Å². The van der Waals surface area contributed by atoms with Gasteiger partial charge in [0.15, 0.2) is 11.5 Å². The van der Waals surface area contributed by atoms with Crippen LogP contribution in [0.1, 0.15) is 42.6 Å². The Hall–Kier alpha value is -2.82. The van der Waals surface area contributed by atoms with Crippen LogP contribution in [-0.2, 0) is 6.42 Å². The summed E-state index contributed by atoms with van der Waals surface area (Å²) in [4.78, 5) is 0. The Bertz CT molecular complexity index is 911. The highest BCUT2D eigenvalue weighted by Crippen LogP contribution is 2.54. The molecule has 0 unspecified atom stereocenters. The molecule has 2 aliphatic rings. The number of ether oxygens (including phenoxy) is 4. The van der Waals surface area contributed by atoms with Crippen LogP contribution in [0.4, 0.5) is 0 Å². The summed E-state index contributed by atoms with van der Waals surface area (Å²) in [7, 11) is 3.22. The third-order valence-electron chi connectivity index (χ3n) is 5.20. The van der Waals surface area contributed by atoms with Gasteiger partial charge in [0.2, 0.25) is 0 Å². The predicted molar refractivity (Wildman–Crippen MR) is 102 cm³/mol. The Morgan fingerprint density at radius 3 is 2.56 bits per heavy atom. The summed E-state index contributed by atoms with van der Waals surface area (Å²) in [6, 6.07) is 7.54. The number of hydrogen-bond acceptors (Lipinski definition) is 5. The molecule has 2 atom stereocenters. The summed E-state index contributed by atoms with van der Waals surface area (Å²) in [6.07, 6.45) is 2.82. The molecule has 0 fully saturated rings. The van der Waals surface area contributed by atoms with E-state index in [9.17, 15) is 5.11 Å². The van der Waals surface area contributed by atoms with Crippen LogP contribution in [0.15, 0.2) is 35.9 Å². The van der Waals surface area contributed by atoms with Gasteiger partial charge in [-0.1, -0.05) is 11.6 Å². The normalized spacial score (nSPS) is 19.1. The first-order valence-corrected chi connectivity index (χ1v) is 9.06. The van der Waals surface area contributed by atoms with Crippen LogP contribution in [0, 0.1) is 0 Å². The Balaban J connectivity index is 1.75. The van der Waals surface area contributed by atoms with Crippen LogP contribution < -0.4 is 18.9 Å². The number of fused-ring (bicyclic) bond motifs is 5. The summed E-state index contributed by atoms with van der Waals surface area (Å²) in [5, 5.41) is 10.1. The second kappa shape index (κ2) is 6.72. The monoisotopic (exact) mass is 368 g/mol. The summed E-state index contributed by atoms with van der Waals surface area (Å²) in [6.45, 7) is 4.68. The van der Waals surface area contributed by atoms with Gasteiger partial charge in [-0.05, 0) is 38.0 Å². The third-order valence-corrected chi connectivity index (χ3v) is 5.20. The molecule has 0 aliphatic carbocycles. The highest BCUT2D eigenvalue weighted by atomic mass is 16.5. The third kappa shape index (κ3) is 2.97. The van der Waals surface area contributed by atoms with Crippen LogP contribution in [0.2, 0.25) is 0 Å². The molecule has 2 aromatic carbocycles. The van der Waals surface area contributed by atoms with Gasteiger partial charge in [0.25, 0.3) is 0 Å². The minimum Gasteiger partial charge on any atom is -0.504 e. The molecule has 0 bridgehead atoms. The van der Waals surface area contributed by atoms with Crippen molar-refractivity contribution in [3.63, 3.8) is 0 Å². The van der Waals surface area contributed by atoms with Gasteiger partial charge in [-0.2, -0.15) is 0 Å². The summed E-state index contributed by atoms with van der Waals surface area (Å²) in [5.41, 5.74) is 4.37. The van der Waals surface area contributed by atoms with E-state index >= 15 is 0 Å². The second-order valence-electron chi connectivity index (χ2n) is 7.21. The Morgan fingerprint density at radius 1 is 1.07 bits per heavy atom. The Morgan fingerprint density at radius 2 is 1.85 bits per heavy atom. The summed E-state index contributed by atoms with van der Waals surface area (Å²) < 4.78 is 23.1. The van der Waals surface area contributed by atoms with Crippen molar-refractivity contribution in [3.8, 4) is 28.7 Å². The molecule has 27 heavy (non-hydrogen) atoms. The maximum absolute atomic E-state index is 10.1. The molecular formula is C22H24O5. The van der Waals surface area contributed by atoms with Crippen molar-refractivity contribution in [2.75, 3.05) is 20.8 Å². The zero-order valence-corrected chi connectivity index (χ0v) is 16.0. The summed E-state index contributed by atoms with van der Waals surface area (Å²) in [5.74, 6) is 2.88. The highest BCUT2D eigenvalue weighted by Gasteiger charge is 2.42. The topological polar surface area (TPSA) is 57.2 Å². The van der Waals surface area contributed by atoms with Crippen molar-refractivity contribution in [1.29, 1.82) is 0 Å². The lowest BCUT2D eigenvalue weighted by molar-refractivity contribution is 0.139. The molecule has 1 N–H and O–H groups in total. The Labute approximate surface area is 159 Å². The van der Waals surface area contributed by atoms with Gasteiger partial charge in [0.05, 0.1) is 26.7 Å². The number of phenols is 1. The number of allylic oxidation sites excluding steroid dienone is 2. The van der Waals surface area contributed by atoms with Crippen molar-refractivity contribution in [3.05, 3.63) is 52.6 Å². The van der Waals surface area contributed by atoms with Gasteiger partial charge in [0.1, 0.15) is 23.4 Å². The Kier molecular flexibility index (Phi) is 4.38. The molecule has 2 aromatic rings. The fourth-order valence-corrected chi connectivity index (χ4v) is 3.78. The van der Waals surface area contributed by atoms with E-state index in [0.29, 0.717) is 18.1 Å². The average molecular weight is 368 g/mol. The molecular weight excluding hydrogens is 344 g/mol. The standard InChI is InChI=1S/C22H24O5/c1-12(2)5-6-13-7-15-19(10-18(13)24-3)26-11-16-14-8-21(25-4)17(23)9-20(14)27-22(15)16/h5,7-10,16,22-23H,6,11H2,1-4H3/t16-,22-/m0/s1. The second-order valence-corrected chi connectivity index (χ2v) is 7.21. The molecule has 4 rings (SSSR count). The van der Waals surface area contributed by atoms with Gasteiger partial charge in [0, 0.05) is 23.3 Å². The lowest BCUT2D eigenvalue weighted by Crippen LogP contribution is -2.23. The number of phenolic OH excluding ortho intramolecular Hbond substituents is 1. The molecule has 5 nitrogen and oxygen atoms in total. The molecule has 2 aliphatic heterocycles. The minimum absolute atomic E-state index is 0.0618. The molecule has 0 amide bonds. The van der Waals surface area contributed by atoms with Crippen molar-refractivity contribution in [2.45, 2.75) is 32.3 Å². The van der Waals surface area contributed by atoms with Crippen molar-refractivity contribution < 1.29 is 24.1 Å².